The highest BCUT2D eigenvalue weighted by Crippen LogP contribution is 2.12. The van der Waals surface area contributed by atoms with Gasteiger partial charge in [0.2, 0.25) is 10.0 Å². The second-order valence-corrected chi connectivity index (χ2v) is 5.86. The van der Waals surface area contributed by atoms with E-state index in [0.717, 1.165) is 5.56 Å². The van der Waals surface area contributed by atoms with Gasteiger partial charge in [-0.3, -0.25) is 0 Å². The molecule has 0 aliphatic rings. The Balaban J connectivity index is 2.61. The number of benzene rings is 1. The number of alkyl halides is 1. The average molecular weight is 262 g/mol. The topological polar surface area (TPSA) is 46.2 Å². The van der Waals surface area contributed by atoms with Gasteiger partial charge in [0.1, 0.15) is 0 Å². The van der Waals surface area contributed by atoms with Crippen LogP contribution in [0.25, 0.3) is 0 Å². The third-order valence-electron chi connectivity index (χ3n) is 2.20. The van der Waals surface area contributed by atoms with E-state index in [2.05, 4.69) is 4.72 Å². The van der Waals surface area contributed by atoms with E-state index in [1.54, 1.807) is 0 Å². The summed E-state index contributed by atoms with van der Waals surface area (Å²) in [7, 11) is -3.23. The maximum atomic E-state index is 11.6. The zero-order valence-corrected chi connectivity index (χ0v) is 10.8. The van der Waals surface area contributed by atoms with Crippen LogP contribution in [0.4, 0.5) is 0 Å². The van der Waals surface area contributed by atoms with E-state index < -0.39 is 10.0 Å². The molecule has 0 aliphatic heterocycles. The molecule has 0 saturated heterocycles. The number of hydrogen-bond donors (Lipinski definition) is 1. The number of sulfonamides is 1. The van der Waals surface area contributed by atoms with E-state index in [1.165, 1.54) is 0 Å². The predicted molar refractivity (Wildman–Crippen MR) is 67.1 cm³/mol. The van der Waals surface area contributed by atoms with Crippen LogP contribution in [-0.4, -0.2) is 20.1 Å². The fraction of sp³-hybridized carbons (Fsp3) is 0.455. The maximum Gasteiger partial charge on any atom is 0.212 e. The summed E-state index contributed by atoms with van der Waals surface area (Å²) in [5.74, 6) is 0.439. The Morgan fingerprint density at radius 3 is 2.50 bits per heavy atom. The van der Waals surface area contributed by atoms with E-state index in [9.17, 15) is 8.42 Å². The lowest BCUT2D eigenvalue weighted by Crippen LogP contribution is -2.29. The second-order valence-electron chi connectivity index (χ2n) is 3.61. The van der Waals surface area contributed by atoms with E-state index in [0.29, 0.717) is 12.3 Å². The van der Waals surface area contributed by atoms with Crippen LogP contribution in [0.3, 0.4) is 0 Å². The standard InChI is InChI=1S/C11H16ClNO2S/c1-10(11-6-3-2-4-7-11)13-16(14,15)9-5-8-12/h2-4,6-7,10,13H,5,8-9H2,1H3/t10-/m0/s1. The molecule has 0 aliphatic carbocycles. The molecule has 1 rings (SSSR count). The molecule has 0 unspecified atom stereocenters. The van der Waals surface area contributed by atoms with Crippen molar-refractivity contribution in [2.45, 2.75) is 19.4 Å². The molecular formula is C11H16ClNO2S. The summed E-state index contributed by atoms with van der Waals surface area (Å²) >= 11 is 5.47. The van der Waals surface area contributed by atoms with Crippen LogP contribution in [0.2, 0.25) is 0 Å². The highest BCUT2D eigenvalue weighted by Gasteiger charge is 2.14. The molecule has 5 heteroatoms. The third-order valence-corrected chi connectivity index (χ3v) is 4.01. The van der Waals surface area contributed by atoms with Crippen molar-refractivity contribution < 1.29 is 8.42 Å². The van der Waals surface area contributed by atoms with Gasteiger partial charge < -0.3 is 0 Å². The van der Waals surface area contributed by atoms with Gasteiger partial charge in [-0.2, -0.15) is 0 Å². The highest BCUT2D eigenvalue weighted by molar-refractivity contribution is 7.89. The molecule has 16 heavy (non-hydrogen) atoms. The summed E-state index contributed by atoms with van der Waals surface area (Å²) in [6.45, 7) is 1.83. The van der Waals surface area contributed by atoms with Gasteiger partial charge in [0, 0.05) is 11.9 Å². The molecule has 0 heterocycles. The van der Waals surface area contributed by atoms with Crippen molar-refractivity contribution in [1.29, 1.82) is 0 Å². The summed E-state index contributed by atoms with van der Waals surface area (Å²) in [5, 5.41) is 0. The second kappa shape index (κ2) is 6.23. The van der Waals surface area contributed by atoms with Crippen LogP contribution >= 0.6 is 11.6 Å². The zero-order valence-electron chi connectivity index (χ0n) is 9.19. The highest BCUT2D eigenvalue weighted by atomic mass is 35.5. The molecule has 0 fully saturated rings. The smallest absolute Gasteiger partial charge is 0.212 e. The molecule has 1 atom stereocenters. The van der Waals surface area contributed by atoms with Gasteiger partial charge in [-0.05, 0) is 18.9 Å². The SMILES string of the molecule is C[C@H](NS(=O)(=O)CCCCl)c1ccccc1. The predicted octanol–water partition coefficient (Wildman–Crippen LogP) is 2.30. The van der Waals surface area contributed by atoms with Crippen LogP contribution in [0.1, 0.15) is 24.9 Å². The summed E-state index contributed by atoms with van der Waals surface area (Å²) in [5.41, 5.74) is 0.956. The van der Waals surface area contributed by atoms with E-state index in [1.807, 2.05) is 37.3 Å². The Morgan fingerprint density at radius 1 is 1.31 bits per heavy atom. The lowest BCUT2D eigenvalue weighted by atomic mass is 10.1. The molecule has 1 aromatic rings. The first kappa shape index (κ1) is 13.5. The average Bonchev–Trinajstić information content (AvgIpc) is 2.27. The van der Waals surface area contributed by atoms with Gasteiger partial charge in [-0.15, -0.1) is 11.6 Å². The van der Waals surface area contributed by atoms with Crippen molar-refractivity contribution >= 4 is 21.6 Å². The molecular weight excluding hydrogens is 246 g/mol. The molecule has 1 N–H and O–H groups in total. The van der Waals surface area contributed by atoms with Crippen molar-refractivity contribution in [3.05, 3.63) is 35.9 Å². The minimum absolute atomic E-state index is 0.0771. The lowest BCUT2D eigenvalue weighted by molar-refractivity contribution is 0.566. The Hall–Kier alpha value is -0.580. The van der Waals surface area contributed by atoms with Gasteiger partial charge in [0.25, 0.3) is 0 Å². The minimum Gasteiger partial charge on any atom is -0.212 e. The van der Waals surface area contributed by atoms with Gasteiger partial charge in [0.15, 0.2) is 0 Å². The van der Waals surface area contributed by atoms with Crippen LogP contribution < -0.4 is 4.72 Å². The van der Waals surface area contributed by atoms with Crippen LogP contribution in [0, 0.1) is 0 Å². The van der Waals surface area contributed by atoms with Gasteiger partial charge >= 0.3 is 0 Å². The van der Waals surface area contributed by atoms with Crippen molar-refractivity contribution in [2.75, 3.05) is 11.6 Å². The maximum absolute atomic E-state index is 11.6. The van der Waals surface area contributed by atoms with E-state index in [4.69, 9.17) is 11.6 Å². The minimum atomic E-state index is -3.23. The summed E-state index contributed by atoms with van der Waals surface area (Å²) in [6, 6.07) is 9.26. The van der Waals surface area contributed by atoms with Gasteiger partial charge in [0.05, 0.1) is 5.75 Å². The first-order valence-corrected chi connectivity index (χ1v) is 7.35. The van der Waals surface area contributed by atoms with Crippen molar-refractivity contribution in [2.24, 2.45) is 0 Å². The Kier molecular flexibility index (Phi) is 5.25. The molecule has 0 spiro atoms. The van der Waals surface area contributed by atoms with Gasteiger partial charge in [-0.1, -0.05) is 30.3 Å². The normalized spacial score (nSPS) is 13.6. The monoisotopic (exact) mass is 261 g/mol. The van der Waals surface area contributed by atoms with E-state index in [-0.39, 0.29) is 11.8 Å². The molecule has 1 aromatic carbocycles. The molecule has 0 radical (unpaired) electrons. The summed E-state index contributed by atoms with van der Waals surface area (Å²) in [6.07, 6.45) is 0.471. The first-order valence-electron chi connectivity index (χ1n) is 5.16. The Morgan fingerprint density at radius 2 is 1.94 bits per heavy atom. The van der Waals surface area contributed by atoms with Crippen molar-refractivity contribution in [3.63, 3.8) is 0 Å². The first-order chi connectivity index (χ1) is 7.55. The van der Waals surface area contributed by atoms with Crippen LogP contribution in [0.15, 0.2) is 30.3 Å². The molecule has 0 saturated carbocycles. The van der Waals surface area contributed by atoms with Crippen molar-refractivity contribution in [3.8, 4) is 0 Å². The molecule has 0 bridgehead atoms. The lowest BCUT2D eigenvalue weighted by Gasteiger charge is -2.14. The fourth-order valence-corrected chi connectivity index (χ4v) is 2.99. The molecule has 0 aromatic heterocycles. The number of rotatable bonds is 6. The van der Waals surface area contributed by atoms with Crippen LogP contribution in [-0.2, 0) is 10.0 Å². The fourth-order valence-electron chi connectivity index (χ4n) is 1.38. The van der Waals surface area contributed by atoms with Crippen LogP contribution in [0.5, 0.6) is 0 Å². The third kappa shape index (κ3) is 4.51. The molecule has 3 nitrogen and oxygen atoms in total. The summed E-state index contributed by atoms with van der Waals surface area (Å²) < 4.78 is 25.8. The largest absolute Gasteiger partial charge is 0.212 e. The molecule has 0 amide bonds. The summed E-state index contributed by atoms with van der Waals surface area (Å²) in [4.78, 5) is 0. The van der Waals surface area contributed by atoms with Crippen molar-refractivity contribution in [1.82, 2.24) is 4.72 Å². The number of halogens is 1. The number of nitrogens with one attached hydrogen (secondary N) is 1. The Bertz CT molecular complexity index is 405. The zero-order chi connectivity index (χ0) is 12.0. The van der Waals surface area contributed by atoms with E-state index >= 15 is 0 Å². The molecule has 90 valence electrons. The van der Waals surface area contributed by atoms with Gasteiger partial charge in [-0.25, -0.2) is 13.1 Å². The Labute approximate surface area is 102 Å². The number of hydrogen-bond acceptors (Lipinski definition) is 2. The quantitative estimate of drug-likeness (QED) is 0.799.